The summed E-state index contributed by atoms with van der Waals surface area (Å²) < 4.78 is 7.38. The Bertz CT molecular complexity index is 6430. The molecule has 0 fully saturated rings. The van der Waals surface area contributed by atoms with Gasteiger partial charge in [-0.2, -0.15) is 0 Å². The molecule has 20 rings (SSSR count). The van der Waals surface area contributed by atoms with Crippen LogP contribution in [0.4, 0.5) is 34.1 Å². The van der Waals surface area contributed by atoms with Gasteiger partial charge in [-0.25, -0.2) is 0 Å². The number of aromatic amines is 1. The number of hydrogen-bond donors (Lipinski definition) is 1. The van der Waals surface area contributed by atoms with E-state index in [1.807, 2.05) is 0 Å². The Balaban J connectivity index is 0.801. The van der Waals surface area contributed by atoms with Crippen LogP contribution in [-0.2, 0) is 0 Å². The summed E-state index contributed by atoms with van der Waals surface area (Å²) in [6.07, 6.45) is 0. The van der Waals surface area contributed by atoms with Gasteiger partial charge in [-0.05, 0) is 144 Å². The van der Waals surface area contributed by atoms with Crippen LogP contribution in [0.1, 0.15) is 0 Å². The fourth-order valence-electron chi connectivity index (χ4n) is 16.1. The van der Waals surface area contributed by atoms with Crippen molar-refractivity contribution >= 4 is 138 Å². The molecule has 0 aliphatic heterocycles. The molecule has 0 aliphatic rings. The summed E-state index contributed by atoms with van der Waals surface area (Å²) in [6.45, 7) is 0. The molecule has 0 bridgehead atoms. The zero-order valence-electron chi connectivity index (χ0n) is 52.1. The maximum absolute atomic E-state index is 4.25. The number of para-hydroxylation sites is 8. The van der Waals surface area contributed by atoms with Gasteiger partial charge in [0.25, 0.3) is 0 Å². The number of benzene rings is 15. The van der Waals surface area contributed by atoms with Crippen molar-refractivity contribution in [2.24, 2.45) is 0 Å². The van der Waals surface area contributed by atoms with Gasteiger partial charge in [0.1, 0.15) is 0 Å². The van der Waals surface area contributed by atoms with Gasteiger partial charge < -0.3 is 28.3 Å². The molecule has 15 aromatic carbocycles. The number of fused-ring (bicyclic) bond motifs is 15. The lowest BCUT2D eigenvalue weighted by Crippen LogP contribution is -2.10. The van der Waals surface area contributed by atoms with Crippen LogP contribution < -0.4 is 9.80 Å². The van der Waals surface area contributed by atoms with E-state index in [-0.39, 0.29) is 0 Å². The predicted octanol–water partition coefficient (Wildman–Crippen LogP) is 24.6. The van der Waals surface area contributed by atoms with Crippen molar-refractivity contribution in [1.29, 1.82) is 0 Å². The first kappa shape index (κ1) is 53.7. The Morgan fingerprint density at radius 3 is 1.19 bits per heavy atom. The molecule has 5 heterocycles. The van der Waals surface area contributed by atoms with Gasteiger partial charge in [0.05, 0.1) is 49.7 Å². The molecular formula is C90H58N6. The molecule has 0 saturated heterocycles. The topological polar surface area (TPSA) is 36.5 Å². The highest BCUT2D eigenvalue weighted by molar-refractivity contribution is 6.36. The molecule has 448 valence electrons. The van der Waals surface area contributed by atoms with Crippen molar-refractivity contribution in [1.82, 2.24) is 18.5 Å². The minimum atomic E-state index is 1.07. The van der Waals surface area contributed by atoms with Crippen molar-refractivity contribution in [2.45, 2.75) is 0 Å². The molecule has 0 saturated carbocycles. The third-order valence-electron chi connectivity index (χ3n) is 20.0. The van der Waals surface area contributed by atoms with Crippen LogP contribution in [-0.4, -0.2) is 18.5 Å². The zero-order valence-corrected chi connectivity index (χ0v) is 52.1. The molecule has 0 unspecified atom stereocenters. The van der Waals surface area contributed by atoms with Gasteiger partial charge in [0, 0.05) is 116 Å². The van der Waals surface area contributed by atoms with Crippen molar-refractivity contribution in [3.63, 3.8) is 0 Å². The fourth-order valence-corrected chi connectivity index (χ4v) is 16.1. The summed E-state index contributed by atoms with van der Waals surface area (Å²) in [5, 5.41) is 12.1. The molecule has 0 atom stereocenters. The molecule has 5 aromatic heterocycles. The SMILES string of the molecule is c1ccc(-c2c3[nH]c4c(-c5cccc(N(c6ccccc6)c6ccc7c(c6)c6ccccc6n7-c6ccccc6)c5)cccc4c3c(-c3ccccc3)c3c2c2cccc4c5cc(N(c6ccccc6)c6ccc7c(c6)c6ccccc6n7-c6ccccc6)ccc5n3c42)cc1. The first-order chi connectivity index (χ1) is 47.7. The summed E-state index contributed by atoms with van der Waals surface area (Å²) in [4.78, 5) is 9.09. The van der Waals surface area contributed by atoms with Crippen molar-refractivity contribution in [3.8, 4) is 44.8 Å². The van der Waals surface area contributed by atoms with Crippen LogP contribution in [0.5, 0.6) is 0 Å². The lowest BCUT2D eigenvalue weighted by Gasteiger charge is -2.26. The number of aromatic nitrogens is 4. The van der Waals surface area contributed by atoms with E-state index in [1.165, 1.54) is 98.1 Å². The maximum atomic E-state index is 4.25. The number of nitrogens with one attached hydrogen (secondary N) is 1. The van der Waals surface area contributed by atoms with E-state index >= 15 is 0 Å². The standard InChI is InChI=1S/C90H58N6/c1-7-26-58(27-8-1)83-86-74-45-25-43-72-77-57-68(93(62-33-13-4-14-34-62)67-49-52-81-76(56-67)71-41-20-22-47-79(71)95(81)64-37-17-6-18-38-64)50-53-82(77)96(89(72)74)90(86)84(59-28-9-2-10-29-59)85-73-44-24-42-69(87(73)91-88(83)85)60-30-23-39-65(54-60)92(61-31-11-3-12-32-61)66-48-51-80-75(55-66)70-40-19-21-46-78(70)94(80)63-35-15-5-16-36-63/h1-57,91H. The molecule has 96 heavy (non-hydrogen) atoms. The number of hydrogen-bond acceptors (Lipinski definition) is 2. The van der Waals surface area contributed by atoms with Gasteiger partial charge in [0.2, 0.25) is 0 Å². The van der Waals surface area contributed by atoms with Crippen molar-refractivity contribution in [2.75, 3.05) is 9.80 Å². The summed E-state index contributed by atoms with van der Waals surface area (Å²) in [5.41, 5.74) is 26.2. The van der Waals surface area contributed by atoms with Crippen LogP contribution in [0, 0.1) is 0 Å². The minimum Gasteiger partial charge on any atom is -0.353 e. The Morgan fingerprint density at radius 1 is 0.229 bits per heavy atom. The Hall–Kier alpha value is -12.9. The zero-order chi connectivity index (χ0) is 63.0. The first-order valence-corrected chi connectivity index (χ1v) is 33.0. The van der Waals surface area contributed by atoms with Crippen LogP contribution in [0.25, 0.3) is 148 Å². The molecular weight excluding hydrogens is 1170 g/mol. The summed E-state index contributed by atoms with van der Waals surface area (Å²) in [5.74, 6) is 0. The molecule has 6 heteroatoms. The monoisotopic (exact) mass is 1220 g/mol. The van der Waals surface area contributed by atoms with Crippen LogP contribution in [0.2, 0.25) is 0 Å². The van der Waals surface area contributed by atoms with Gasteiger partial charge in [-0.3, -0.25) is 0 Å². The number of rotatable bonds is 11. The van der Waals surface area contributed by atoms with E-state index in [2.05, 4.69) is 374 Å². The van der Waals surface area contributed by atoms with Crippen molar-refractivity contribution < 1.29 is 0 Å². The molecule has 0 spiro atoms. The lowest BCUT2D eigenvalue weighted by atomic mass is 9.89. The van der Waals surface area contributed by atoms with Crippen LogP contribution in [0.3, 0.4) is 0 Å². The fraction of sp³-hybridized carbons (Fsp3) is 0. The molecule has 0 amide bonds. The largest absolute Gasteiger partial charge is 0.353 e. The molecule has 20 aromatic rings. The predicted molar refractivity (Wildman–Crippen MR) is 405 cm³/mol. The summed E-state index contributed by atoms with van der Waals surface area (Å²) >= 11 is 0. The van der Waals surface area contributed by atoms with E-state index in [0.717, 1.165) is 84.3 Å². The average Bonchev–Trinajstić information content (AvgIpc) is 1.51. The third-order valence-corrected chi connectivity index (χ3v) is 20.0. The number of nitrogens with zero attached hydrogens (tertiary/aromatic N) is 5. The first-order valence-electron chi connectivity index (χ1n) is 33.0. The van der Waals surface area contributed by atoms with E-state index < -0.39 is 0 Å². The minimum absolute atomic E-state index is 1.07. The van der Waals surface area contributed by atoms with E-state index in [0.29, 0.717) is 0 Å². The molecule has 6 nitrogen and oxygen atoms in total. The summed E-state index contributed by atoms with van der Waals surface area (Å²) in [6, 6.07) is 127. The van der Waals surface area contributed by atoms with E-state index in [9.17, 15) is 0 Å². The Labute approximate surface area is 553 Å². The second-order valence-electron chi connectivity index (χ2n) is 25.2. The van der Waals surface area contributed by atoms with Gasteiger partial charge >= 0.3 is 0 Å². The highest BCUT2D eigenvalue weighted by Gasteiger charge is 2.30. The maximum Gasteiger partial charge on any atom is 0.0634 e. The molecule has 0 radical (unpaired) electrons. The van der Waals surface area contributed by atoms with Gasteiger partial charge in [-0.15, -0.1) is 0 Å². The Morgan fingerprint density at radius 2 is 0.625 bits per heavy atom. The van der Waals surface area contributed by atoms with Gasteiger partial charge in [0.15, 0.2) is 0 Å². The van der Waals surface area contributed by atoms with Gasteiger partial charge in [-0.1, -0.05) is 218 Å². The van der Waals surface area contributed by atoms with E-state index in [4.69, 9.17) is 0 Å². The van der Waals surface area contributed by atoms with Crippen molar-refractivity contribution in [3.05, 3.63) is 346 Å². The lowest BCUT2D eigenvalue weighted by molar-refractivity contribution is 1.18. The highest BCUT2D eigenvalue weighted by Crippen LogP contribution is 2.54. The Kier molecular flexibility index (Phi) is 11.9. The van der Waals surface area contributed by atoms with E-state index in [1.54, 1.807) is 0 Å². The second-order valence-corrected chi connectivity index (χ2v) is 25.2. The number of H-pyrrole nitrogens is 1. The van der Waals surface area contributed by atoms with Crippen LogP contribution >= 0.6 is 0 Å². The highest BCUT2D eigenvalue weighted by atomic mass is 15.2. The normalized spacial score (nSPS) is 12.0. The molecule has 0 aliphatic carbocycles. The average molecular weight is 1220 g/mol. The second kappa shape index (κ2) is 21.3. The third kappa shape index (κ3) is 8.06. The van der Waals surface area contributed by atoms with Crippen LogP contribution in [0.15, 0.2) is 346 Å². The quantitative estimate of drug-likeness (QED) is 0.140. The molecule has 1 N–H and O–H groups in total. The smallest absolute Gasteiger partial charge is 0.0634 e. The summed E-state index contributed by atoms with van der Waals surface area (Å²) in [7, 11) is 0. The number of anilines is 6.